The molecule has 0 bridgehead atoms. The molecule has 1 aliphatic heterocycles. The highest BCUT2D eigenvalue weighted by Crippen LogP contribution is 2.61. The number of nitrogens with one attached hydrogen (secondary N) is 1. The summed E-state index contributed by atoms with van der Waals surface area (Å²) >= 11 is 0. The average Bonchev–Trinajstić information content (AvgIpc) is 2.86. The van der Waals surface area contributed by atoms with Gasteiger partial charge in [-0.2, -0.15) is 0 Å². The molecule has 4 rings (SSSR count). The number of carbonyl (C=O) groups excluding carboxylic acids is 1. The zero-order valence-electron chi connectivity index (χ0n) is 12.2. The van der Waals surface area contributed by atoms with Gasteiger partial charge in [-0.25, -0.2) is 8.42 Å². The Hall–Kier alpha value is -1.40. The molecule has 3 atom stereocenters. The fourth-order valence-corrected chi connectivity index (χ4v) is 5.26. The zero-order chi connectivity index (χ0) is 15.4. The van der Waals surface area contributed by atoms with Crippen LogP contribution in [0.2, 0.25) is 0 Å². The molecule has 1 N–H and O–H groups in total. The van der Waals surface area contributed by atoms with Crippen molar-refractivity contribution >= 4 is 15.9 Å². The molecule has 1 aromatic carbocycles. The molecule has 1 spiro atoms. The van der Waals surface area contributed by atoms with Gasteiger partial charge in [0.05, 0.1) is 6.61 Å². The van der Waals surface area contributed by atoms with E-state index in [1.54, 1.807) is 0 Å². The largest absolute Gasteiger partial charge is 0.380 e. The van der Waals surface area contributed by atoms with Crippen molar-refractivity contribution in [2.75, 3.05) is 13.2 Å². The smallest absolute Gasteiger partial charge is 0.240 e. The van der Waals surface area contributed by atoms with Gasteiger partial charge >= 0.3 is 0 Å². The van der Waals surface area contributed by atoms with Gasteiger partial charge < -0.3 is 4.74 Å². The van der Waals surface area contributed by atoms with Gasteiger partial charge in [0.1, 0.15) is 5.25 Å². The van der Waals surface area contributed by atoms with Crippen LogP contribution in [0.3, 0.4) is 0 Å². The van der Waals surface area contributed by atoms with Gasteiger partial charge in [-0.05, 0) is 36.8 Å². The first-order chi connectivity index (χ1) is 10.5. The van der Waals surface area contributed by atoms with Crippen molar-refractivity contribution in [3.8, 4) is 0 Å². The van der Waals surface area contributed by atoms with Crippen molar-refractivity contribution in [2.24, 2.45) is 5.92 Å². The second-order valence-corrected chi connectivity index (χ2v) is 8.53. The van der Waals surface area contributed by atoms with E-state index in [0.29, 0.717) is 13.0 Å². The van der Waals surface area contributed by atoms with Crippen molar-refractivity contribution in [1.82, 2.24) is 4.72 Å². The molecule has 5 nitrogen and oxygen atoms in total. The van der Waals surface area contributed by atoms with Gasteiger partial charge in [-0.1, -0.05) is 24.3 Å². The van der Waals surface area contributed by atoms with Gasteiger partial charge in [0.25, 0.3) is 0 Å². The Balaban J connectivity index is 1.50. The molecule has 2 aliphatic carbocycles. The maximum Gasteiger partial charge on any atom is 0.240 e. The molecule has 1 saturated heterocycles. The van der Waals surface area contributed by atoms with Gasteiger partial charge in [0.15, 0.2) is 0 Å². The summed E-state index contributed by atoms with van der Waals surface area (Å²) < 4.78 is 31.8. The minimum absolute atomic E-state index is 0.123. The molecule has 1 aromatic rings. The first kappa shape index (κ1) is 14.2. The molecule has 6 heteroatoms. The Kier molecular flexibility index (Phi) is 3.10. The van der Waals surface area contributed by atoms with Crippen LogP contribution in [-0.4, -0.2) is 32.8 Å². The minimum Gasteiger partial charge on any atom is -0.380 e. The predicted octanol–water partition coefficient (Wildman–Crippen LogP) is 1.13. The quantitative estimate of drug-likeness (QED) is 0.906. The van der Waals surface area contributed by atoms with Crippen molar-refractivity contribution in [3.63, 3.8) is 0 Å². The molecule has 0 aromatic heterocycles. The highest BCUT2D eigenvalue weighted by molar-refractivity contribution is 7.90. The Morgan fingerprint density at radius 1 is 1.32 bits per heavy atom. The molecule has 22 heavy (non-hydrogen) atoms. The monoisotopic (exact) mass is 321 g/mol. The SMILES string of the molecule is O=C(NS(=O)(=O)C1CCOC1)C1CC12CCc1ccccc12. The van der Waals surface area contributed by atoms with Crippen molar-refractivity contribution < 1.29 is 17.9 Å². The summed E-state index contributed by atoms with van der Waals surface area (Å²) in [6.45, 7) is 0.627. The Labute approximate surface area is 130 Å². The third kappa shape index (κ3) is 2.08. The Morgan fingerprint density at radius 2 is 2.14 bits per heavy atom. The summed E-state index contributed by atoms with van der Waals surface area (Å²) in [6.07, 6.45) is 3.13. The number of hydrogen-bond donors (Lipinski definition) is 1. The molecular formula is C16H19NO4S. The van der Waals surface area contributed by atoms with Crippen LogP contribution < -0.4 is 4.72 Å². The standard InChI is InChI=1S/C16H19NO4S/c18-15(17-22(19,20)12-6-8-21-10-12)14-9-16(14)7-5-11-3-1-2-4-13(11)16/h1-4,12,14H,5-10H2,(H,17,18). The number of hydrogen-bond acceptors (Lipinski definition) is 4. The van der Waals surface area contributed by atoms with Gasteiger partial charge in [0, 0.05) is 17.9 Å². The predicted molar refractivity (Wildman–Crippen MR) is 80.8 cm³/mol. The van der Waals surface area contributed by atoms with E-state index in [4.69, 9.17) is 4.74 Å². The van der Waals surface area contributed by atoms with E-state index >= 15 is 0 Å². The molecule has 1 heterocycles. The number of sulfonamides is 1. The number of rotatable bonds is 3. The number of amides is 1. The third-order valence-electron chi connectivity index (χ3n) is 5.36. The topological polar surface area (TPSA) is 72.5 Å². The number of ether oxygens (including phenoxy) is 1. The summed E-state index contributed by atoms with van der Waals surface area (Å²) in [6, 6.07) is 8.19. The van der Waals surface area contributed by atoms with E-state index < -0.39 is 15.3 Å². The van der Waals surface area contributed by atoms with Crippen molar-refractivity contribution in [1.29, 1.82) is 0 Å². The van der Waals surface area contributed by atoms with E-state index in [1.165, 1.54) is 11.1 Å². The van der Waals surface area contributed by atoms with Crippen LogP contribution in [0.15, 0.2) is 24.3 Å². The van der Waals surface area contributed by atoms with Crippen LogP contribution in [0.1, 0.15) is 30.4 Å². The molecule has 3 unspecified atom stereocenters. The number of benzene rings is 1. The lowest BCUT2D eigenvalue weighted by Gasteiger charge is -2.14. The van der Waals surface area contributed by atoms with Gasteiger partial charge in [-0.3, -0.25) is 9.52 Å². The summed E-state index contributed by atoms with van der Waals surface area (Å²) in [4.78, 5) is 12.4. The van der Waals surface area contributed by atoms with Crippen LogP contribution in [0.5, 0.6) is 0 Å². The van der Waals surface area contributed by atoms with E-state index in [2.05, 4.69) is 16.9 Å². The number of aryl methyl sites for hydroxylation is 1. The maximum atomic E-state index is 12.4. The number of carbonyl (C=O) groups is 1. The molecule has 3 aliphatic rings. The highest BCUT2D eigenvalue weighted by atomic mass is 32.2. The molecule has 118 valence electrons. The lowest BCUT2D eigenvalue weighted by molar-refractivity contribution is -0.121. The minimum atomic E-state index is -3.61. The van der Waals surface area contributed by atoms with E-state index in [1.807, 2.05) is 12.1 Å². The van der Waals surface area contributed by atoms with E-state index in [-0.39, 0.29) is 23.8 Å². The maximum absolute atomic E-state index is 12.4. The fourth-order valence-electron chi connectivity index (χ4n) is 3.99. The van der Waals surface area contributed by atoms with Gasteiger partial charge in [-0.15, -0.1) is 0 Å². The molecule has 1 amide bonds. The Morgan fingerprint density at radius 3 is 2.91 bits per heavy atom. The first-order valence-electron chi connectivity index (χ1n) is 7.74. The van der Waals surface area contributed by atoms with Crippen LogP contribution in [0.4, 0.5) is 0 Å². The zero-order valence-corrected chi connectivity index (χ0v) is 13.1. The number of fused-ring (bicyclic) bond motifs is 2. The second-order valence-electron chi connectivity index (χ2n) is 6.57. The fraction of sp³-hybridized carbons (Fsp3) is 0.562. The van der Waals surface area contributed by atoms with E-state index in [0.717, 1.165) is 19.3 Å². The summed E-state index contributed by atoms with van der Waals surface area (Å²) in [5, 5.41) is -0.595. The third-order valence-corrected chi connectivity index (χ3v) is 7.09. The van der Waals surface area contributed by atoms with Crippen molar-refractivity contribution in [3.05, 3.63) is 35.4 Å². The summed E-state index contributed by atoms with van der Waals surface area (Å²) in [5.41, 5.74) is 2.41. The van der Waals surface area contributed by atoms with Crippen LogP contribution in [0, 0.1) is 5.92 Å². The lowest BCUT2D eigenvalue weighted by Crippen LogP contribution is -2.40. The van der Waals surface area contributed by atoms with E-state index in [9.17, 15) is 13.2 Å². The normalized spacial score (nSPS) is 32.9. The molecule has 2 fully saturated rings. The highest BCUT2D eigenvalue weighted by Gasteiger charge is 2.61. The molecule has 0 radical (unpaired) electrons. The summed E-state index contributed by atoms with van der Waals surface area (Å²) in [5.74, 6) is -0.558. The van der Waals surface area contributed by atoms with Crippen LogP contribution in [-0.2, 0) is 31.4 Å². The second kappa shape index (κ2) is 4.80. The Bertz CT molecular complexity index is 723. The first-order valence-corrected chi connectivity index (χ1v) is 9.29. The lowest BCUT2D eigenvalue weighted by atomic mass is 9.95. The van der Waals surface area contributed by atoms with Crippen LogP contribution >= 0.6 is 0 Å². The summed E-state index contributed by atoms with van der Waals surface area (Å²) in [7, 11) is -3.61. The molecule has 1 saturated carbocycles. The van der Waals surface area contributed by atoms with Crippen LogP contribution in [0.25, 0.3) is 0 Å². The van der Waals surface area contributed by atoms with Gasteiger partial charge in [0.2, 0.25) is 15.9 Å². The average molecular weight is 321 g/mol. The van der Waals surface area contributed by atoms with Crippen molar-refractivity contribution in [2.45, 2.75) is 36.3 Å². The molecular weight excluding hydrogens is 302 g/mol.